The third-order valence-corrected chi connectivity index (χ3v) is 2.87. The Morgan fingerprint density at radius 2 is 1.88 bits per heavy atom. The largest absolute Gasteiger partial charge is 0.332 e. The second-order valence-corrected chi connectivity index (χ2v) is 4.08. The molecular weight excluding hydrogens is 228 g/mol. The van der Waals surface area contributed by atoms with E-state index in [-0.39, 0.29) is 18.4 Å². The van der Waals surface area contributed by atoms with Crippen LogP contribution in [0.5, 0.6) is 0 Å². The molecular formula is C11H11ClN2O2. The van der Waals surface area contributed by atoms with E-state index in [2.05, 4.69) is 0 Å². The maximum Gasteiger partial charge on any atom is 0.332 e. The van der Waals surface area contributed by atoms with Gasteiger partial charge in [-0.15, -0.1) is 0 Å². The van der Waals surface area contributed by atoms with E-state index < -0.39 is 5.50 Å². The quantitative estimate of drug-likeness (QED) is 0.555. The van der Waals surface area contributed by atoms with Crippen LogP contribution in [0.2, 0.25) is 0 Å². The van der Waals surface area contributed by atoms with E-state index in [1.54, 1.807) is 12.1 Å². The summed E-state index contributed by atoms with van der Waals surface area (Å²) >= 11 is 6.03. The highest BCUT2D eigenvalue weighted by Gasteiger charge is 2.36. The van der Waals surface area contributed by atoms with E-state index in [0.717, 1.165) is 4.90 Å². The Morgan fingerprint density at radius 3 is 2.50 bits per heavy atom. The molecule has 1 unspecified atom stereocenters. The van der Waals surface area contributed by atoms with Crippen LogP contribution in [0.1, 0.15) is 6.42 Å². The lowest BCUT2D eigenvalue weighted by Gasteiger charge is -2.35. The molecule has 1 aliphatic rings. The van der Waals surface area contributed by atoms with Gasteiger partial charge in [0.05, 0.1) is 6.42 Å². The predicted molar refractivity (Wildman–Crippen MR) is 61.3 cm³/mol. The molecule has 1 heterocycles. The number of carbonyl (C=O) groups excluding carboxylic acids is 2. The van der Waals surface area contributed by atoms with E-state index in [0.29, 0.717) is 5.69 Å². The standard InChI is InChI=1S/C11H11ClN2O2/c1-13-10(15)7-9(12)14(11(13)16)8-5-3-2-4-6-8/h2-6,9H,7H2,1H3. The van der Waals surface area contributed by atoms with Crippen LogP contribution in [0.25, 0.3) is 0 Å². The molecule has 0 aromatic heterocycles. The molecule has 16 heavy (non-hydrogen) atoms. The van der Waals surface area contributed by atoms with Gasteiger partial charge in [0.15, 0.2) is 0 Å². The van der Waals surface area contributed by atoms with E-state index in [1.807, 2.05) is 18.2 Å². The summed E-state index contributed by atoms with van der Waals surface area (Å²) in [6.45, 7) is 0. The first-order valence-electron chi connectivity index (χ1n) is 4.90. The third kappa shape index (κ3) is 1.76. The zero-order valence-electron chi connectivity index (χ0n) is 8.76. The minimum atomic E-state index is -0.612. The number of urea groups is 1. The van der Waals surface area contributed by atoms with Gasteiger partial charge in [-0.25, -0.2) is 4.79 Å². The van der Waals surface area contributed by atoms with Gasteiger partial charge in [0, 0.05) is 12.7 Å². The van der Waals surface area contributed by atoms with Crippen LogP contribution in [0, 0.1) is 0 Å². The van der Waals surface area contributed by atoms with Crippen molar-refractivity contribution in [1.82, 2.24) is 4.90 Å². The van der Waals surface area contributed by atoms with Crippen LogP contribution in [0.3, 0.4) is 0 Å². The van der Waals surface area contributed by atoms with Crippen LogP contribution in [0.15, 0.2) is 30.3 Å². The van der Waals surface area contributed by atoms with E-state index in [9.17, 15) is 9.59 Å². The lowest BCUT2D eigenvalue weighted by atomic mass is 10.2. The second kappa shape index (κ2) is 4.14. The number of halogens is 1. The molecule has 0 spiro atoms. The Labute approximate surface area is 98.4 Å². The highest BCUT2D eigenvalue weighted by molar-refractivity contribution is 6.27. The van der Waals surface area contributed by atoms with Crippen LogP contribution in [0.4, 0.5) is 10.5 Å². The number of hydrogen-bond donors (Lipinski definition) is 0. The summed E-state index contributed by atoms with van der Waals surface area (Å²) in [6.07, 6.45) is 0.138. The summed E-state index contributed by atoms with van der Waals surface area (Å²) in [4.78, 5) is 25.8. The molecule has 5 heteroatoms. The average molecular weight is 239 g/mol. The second-order valence-electron chi connectivity index (χ2n) is 3.58. The van der Waals surface area contributed by atoms with Crippen molar-refractivity contribution in [3.63, 3.8) is 0 Å². The SMILES string of the molecule is CN1C(=O)CC(Cl)N(c2ccccc2)C1=O. The molecule has 1 aromatic rings. The van der Waals surface area contributed by atoms with E-state index in [4.69, 9.17) is 11.6 Å². The molecule has 1 atom stereocenters. The first kappa shape index (κ1) is 11.0. The number of benzene rings is 1. The maximum absolute atomic E-state index is 11.9. The molecule has 3 amide bonds. The molecule has 2 rings (SSSR count). The molecule has 0 saturated carbocycles. The Morgan fingerprint density at radius 1 is 1.25 bits per heavy atom. The molecule has 84 valence electrons. The van der Waals surface area contributed by atoms with E-state index >= 15 is 0 Å². The van der Waals surface area contributed by atoms with Crippen LogP contribution in [-0.2, 0) is 4.79 Å². The average Bonchev–Trinajstić information content (AvgIpc) is 2.28. The van der Waals surface area contributed by atoms with E-state index in [1.165, 1.54) is 11.9 Å². The highest BCUT2D eigenvalue weighted by atomic mass is 35.5. The van der Waals surface area contributed by atoms with Crippen molar-refractivity contribution >= 4 is 29.2 Å². The van der Waals surface area contributed by atoms with Gasteiger partial charge in [-0.1, -0.05) is 29.8 Å². The number of alkyl halides is 1. The molecule has 0 N–H and O–H groups in total. The van der Waals surface area contributed by atoms with Crippen molar-refractivity contribution in [3.05, 3.63) is 30.3 Å². The van der Waals surface area contributed by atoms with Crippen molar-refractivity contribution in [2.45, 2.75) is 11.9 Å². The summed E-state index contributed by atoms with van der Waals surface area (Å²) in [7, 11) is 1.46. The van der Waals surface area contributed by atoms with Gasteiger partial charge in [0.1, 0.15) is 5.50 Å². The summed E-state index contributed by atoms with van der Waals surface area (Å²) in [5, 5.41) is 0. The lowest BCUT2D eigenvalue weighted by Crippen LogP contribution is -2.53. The number of hydrogen-bond acceptors (Lipinski definition) is 2. The molecule has 1 fully saturated rings. The van der Waals surface area contributed by atoms with Crippen molar-refractivity contribution in [2.24, 2.45) is 0 Å². The summed E-state index contributed by atoms with van der Waals surface area (Å²) in [6, 6.07) is 8.69. The van der Waals surface area contributed by atoms with Crippen LogP contribution >= 0.6 is 11.6 Å². The number of amides is 3. The molecule has 1 aromatic carbocycles. The smallest absolute Gasteiger partial charge is 0.277 e. The van der Waals surface area contributed by atoms with Gasteiger partial charge in [-0.3, -0.25) is 14.6 Å². The number of para-hydroxylation sites is 1. The van der Waals surface area contributed by atoms with Crippen molar-refractivity contribution in [2.75, 3.05) is 11.9 Å². The number of nitrogens with zero attached hydrogens (tertiary/aromatic N) is 2. The Kier molecular flexibility index (Phi) is 2.83. The number of carbonyl (C=O) groups is 2. The molecule has 0 aliphatic carbocycles. The van der Waals surface area contributed by atoms with Gasteiger partial charge < -0.3 is 0 Å². The molecule has 0 bridgehead atoms. The summed E-state index contributed by atoms with van der Waals surface area (Å²) in [5.41, 5.74) is 0.0884. The Bertz CT molecular complexity index is 421. The fourth-order valence-corrected chi connectivity index (χ4v) is 1.95. The topological polar surface area (TPSA) is 40.6 Å². The number of imide groups is 1. The molecule has 4 nitrogen and oxygen atoms in total. The normalized spacial score (nSPS) is 21.5. The van der Waals surface area contributed by atoms with Gasteiger partial charge in [-0.05, 0) is 12.1 Å². The van der Waals surface area contributed by atoms with Crippen molar-refractivity contribution in [1.29, 1.82) is 0 Å². The fourth-order valence-electron chi connectivity index (χ4n) is 1.62. The van der Waals surface area contributed by atoms with Gasteiger partial charge in [-0.2, -0.15) is 0 Å². The summed E-state index contributed by atoms with van der Waals surface area (Å²) in [5.74, 6) is -0.253. The van der Waals surface area contributed by atoms with Crippen LogP contribution in [-0.4, -0.2) is 29.4 Å². The first-order valence-corrected chi connectivity index (χ1v) is 5.34. The van der Waals surface area contributed by atoms with Crippen LogP contribution < -0.4 is 4.90 Å². The zero-order valence-corrected chi connectivity index (χ0v) is 9.52. The number of rotatable bonds is 1. The fraction of sp³-hybridized carbons (Fsp3) is 0.273. The first-order chi connectivity index (χ1) is 7.61. The zero-order chi connectivity index (χ0) is 11.7. The lowest BCUT2D eigenvalue weighted by molar-refractivity contribution is -0.128. The third-order valence-electron chi connectivity index (χ3n) is 2.52. The number of anilines is 1. The van der Waals surface area contributed by atoms with Gasteiger partial charge in [0.25, 0.3) is 0 Å². The predicted octanol–water partition coefficient (Wildman–Crippen LogP) is 2.04. The highest BCUT2D eigenvalue weighted by Crippen LogP contribution is 2.26. The molecule has 1 saturated heterocycles. The van der Waals surface area contributed by atoms with Crippen molar-refractivity contribution in [3.8, 4) is 0 Å². The molecule has 0 radical (unpaired) electrons. The Balaban J connectivity index is 2.34. The van der Waals surface area contributed by atoms with Gasteiger partial charge in [0.2, 0.25) is 5.91 Å². The van der Waals surface area contributed by atoms with Crippen molar-refractivity contribution < 1.29 is 9.59 Å². The minimum Gasteiger partial charge on any atom is -0.277 e. The monoisotopic (exact) mass is 238 g/mol. The minimum absolute atomic E-state index is 0.138. The maximum atomic E-state index is 11.9. The molecule has 1 aliphatic heterocycles. The van der Waals surface area contributed by atoms with Gasteiger partial charge >= 0.3 is 6.03 Å². The summed E-state index contributed by atoms with van der Waals surface area (Å²) < 4.78 is 0. The Hall–Kier alpha value is -1.55.